The number of carbonyl (C=O) groups excluding carboxylic acids is 7. The number of hydrogen-bond acceptors (Lipinski definition) is 8. The first kappa shape index (κ1) is 41.8. The molecule has 1 aliphatic carbocycles. The Hall–Kier alpha value is -5.60. The highest BCUT2D eigenvalue weighted by Gasteiger charge is 2.36. The van der Waals surface area contributed by atoms with Gasteiger partial charge in [-0.3, -0.25) is 33.6 Å². The van der Waals surface area contributed by atoms with Gasteiger partial charge in [0, 0.05) is 0 Å². The van der Waals surface area contributed by atoms with E-state index in [0.717, 1.165) is 19.3 Å². The zero-order chi connectivity index (χ0) is 39.1. The molecule has 0 radical (unpaired) electrons. The number of amides is 6. The van der Waals surface area contributed by atoms with Crippen LogP contribution in [0.15, 0.2) is 54.6 Å². The van der Waals surface area contributed by atoms with Gasteiger partial charge in [0.25, 0.3) is 11.8 Å². The van der Waals surface area contributed by atoms with Crippen molar-refractivity contribution in [3.05, 3.63) is 71.3 Å². The second-order valence-electron chi connectivity index (χ2n) is 13.6. The average Bonchev–Trinajstić information content (AvgIpc) is 3.14. The Morgan fingerprint density at radius 3 is 1.96 bits per heavy atom. The molecule has 8 N–H and O–H groups in total. The van der Waals surface area contributed by atoms with Crippen LogP contribution in [0.2, 0.25) is 0 Å². The standard InChI is InChI=1S/C38H50N6O9/c1-4-13-27(32(46)37(51)40-21-29(45)43-30(33(39)47)23-14-7-5-8-15-23)41-35(49)28(20-22(2)3)42-36(50)31(24-16-9-6-10-17-24)44-34(48)25-18-11-12-19-26(25)38(52)53/h5,7-8,11-12,14-15,18-19,22,24,27-28,30-31H,4,6,9-10,13,16-17,20-21H2,1-3H3,(H2,39,47)(H,40,51)(H,41,49)(H,42,50)(H,43,45)(H,44,48)(H,52,53)/t27?,28-,30?,31-/m0/s1. The summed E-state index contributed by atoms with van der Waals surface area (Å²) in [6.45, 7) is 4.77. The predicted molar refractivity (Wildman–Crippen MR) is 194 cm³/mol. The van der Waals surface area contributed by atoms with Gasteiger partial charge < -0.3 is 37.4 Å². The third-order valence-corrected chi connectivity index (χ3v) is 9.00. The van der Waals surface area contributed by atoms with E-state index in [2.05, 4.69) is 26.6 Å². The third-order valence-electron chi connectivity index (χ3n) is 9.00. The van der Waals surface area contributed by atoms with Gasteiger partial charge in [-0.15, -0.1) is 0 Å². The van der Waals surface area contributed by atoms with Gasteiger partial charge in [-0.2, -0.15) is 0 Å². The number of carboxylic acid groups (broad SMARTS) is 1. The van der Waals surface area contributed by atoms with Gasteiger partial charge in [0.05, 0.1) is 23.7 Å². The number of carboxylic acids is 1. The monoisotopic (exact) mass is 734 g/mol. The summed E-state index contributed by atoms with van der Waals surface area (Å²) < 4.78 is 0. The van der Waals surface area contributed by atoms with Crippen molar-refractivity contribution >= 4 is 47.2 Å². The van der Waals surface area contributed by atoms with Crippen LogP contribution in [0.1, 0.15) is 104 Å². The first-order chi connectivity index (χ1) is 25.2. The molecule has 4 atom stereocenters. The van der Waals surface area contributed by atoms with Crippen LogP contribution >= 0.6 is 0 Å². The molecule has 0 spiro atoms. The summed E-state index contributed by atoms with van der Waals surface area (Å²) in [7, 11) is 0. The van der Waals surface area contributed by atoms with Crippen LogP contribution in [-0.2, 0) is 28.8 Å². The Morgan fingerprint density at radius 1 is 0.774 bits per heavy atom. The quantitative estimate of drug-likeness (QED) is 0.104. The van der Waals surface area contributed by atoms with Crippen molar-refractivity contribution in [3.63, 3.8) is 0 Å². The molecule has 0 saturated heterocycles. The molecule has 15 nitrogen and oxygen atoms in total. The second kappa shape index (κ2) is 20.4. The van der Waals surface area contributed by atoms with E-state index in [1.54, 1.807) is 37.3 Å². The molecule has 3 rings (SSSR count). The van der Waals surface area contributed by atoms with Crippen molar-refractivity contribution in [2.24, 2.45) is 17.6 Å². The average molecular weight is 735 g/mol. The molecule has 53 heavy (non-hydrogen) atoms. The lowest BCUT2D eigenvalue weighted by molar-refractivity contribution is -0.141. The summed E-state index contributed by atoms with van der Waals surface area (Å²) >= 11 is 0. The zero-order valence-electron chi connectivity index (χ0n) is 30.3. The normalized spacial score (nSPS) is 15.2. The van der Waals surface area contributed by atoms with Crippen LogP contribution in [0.4, 0.5) is 0 Å². The topological polar surface area (TPSA) is 243 Å². The largest absolute Gasteiger partial charge is 0.478 e. The number of benzene rings is 2. The van der Waals surface area contributed by atoms with E-state index in [-0.39, 0.29) is 35.8 Å². The van der Waals surface area contributed by atoms with Crippen LogP contribution in [-0.4, -0.2) is 77.0 Å². The number of rotatable bonds is 19. The number of aromatic carboxylic acids is 1. The minimum atomic E-state index is -1.30. The fourth-order valence-corrected chi connectivity index (χ4v) is 6.33. The highest BCUT2D eigenvalue weighted by molar-refractivity contribution is 6.38. The number of ketones is 1. The van der Waals surface area contributed by atoms with Crippen LogP contribution in [0.3, 0.4) is 0 Å². The summed E-state index contributed by atoms with van der Waals surface area (Å²) in [6.07, 6.45) is 4.53. The summed E-state index contributed by atoms with van der Waals surface area (Å²) in [5, 5.41) is 22.3. The van der Waals surface area contributed by atoms with E-state index < -0.39 is 77.9 Å². The molecule has 1 fully saturated rings. The first-order valence-electron chi connectivity index (χ1n) is 17.9. The smallest absolute Gasteiger partial charge is 0.336 e. The molecular formula is C38H50N6O9. The predicted octanol–water partition coefficient (Wildman–Crippen LogP) is 1.91. The Labute approximate surface area is 308 Å². The van der Waals surface area contributed by atoms with Crippen molar-refractivity contribution < 1.29 is 43.5 Å². The first-order valence-corrected chi connectivity index (χ1v) is 17.9. The maximum absolute atomic E-state index is 13.9. The van der Waals surface area contributed by atoms with Gasteiger partial charge in [-0.25, -0.2) is 4.79 Å². The van der Waals surface area contributed by atoms with Gasteiger partial charge in [0.2, 0.25) is 29.4 Å². The highest BCUT2D eigenvalue weighted by atomic mass is 16.4. The summed E-state index contributed by atoms with van der Waals surface area (Å²) in [5.74, 6) is -7.51. The van der Waals surface area contributed by atoms with Crippen molar-refractivity contribution in [2.45, 2.75) is 96.3 Å². The molecule has 1 saturated carbocycles. The minimum absolute atomic E-state index is 0.0774. The van der Waals surface area contributed by atoms with Crippen molar-refractivity contribution in [2.75, 3.05) is 6.54 Å². The molecule has 0 aliphatic heterocycles. The fraction of sp³-hybridized carbons (Fsp3) is 0.474. The molecule has 0 heterocycles. The molecule has 2 unspecified atom stereocenters. The van der Waals surface area contributed by atoms with Crippen molar-refractivity contribution in [3.8, 4) is 0 Å². The number of hydrogen-bond donors (Lipinski definition) is 7. The van der Waals surface area contributed by atoms with Gasteiger partial charge in [0.1, 0.15) is 18.1 Å². The maximum atomic E-state index is 13.9. The number of carbonyl (C=O) groups is 8. The van der Waals surface area contributed by atoms with Crippen LogP contribution in [0.5, 0.6) is 0 Å². The van der Waals surface area contributed by atoms with Gasteiger partial charge in [-0.05, 0) is 55.2 Å². The van der Waals surface area contributed by atoms with E-state index in [4.69, 9.17) is 5.73 Å². The van der Waals surface area contributed by atoms with Crippen LogP contribution < -0.4 is 32.3 Å². The Bertz CT molecular complexity index is 1640. The fourth-order valence-electron chi connectivity index (χ4n) is 6.33. The summed E-state index contributed by atoms with van der Waals surface area (Å²) in [5.41, 5.74) is 5.55. The zero-order valence-corrected chi connectivity index (χ0v) is 30.3. The van der Waals surface area contributed by atoms with Gasteiger partial charge in [0.15, 0.2) is 0 Å². The molecule has 0 bridgehead atoms. The minimum Gasteiger partial charge on any atom is -0.478 e. The molecule has 2 aromatic rings. The lowest BCUT2D eigenvalue weighted by atomic mass is 9.83. The van der Waals surface area contributed by atoms with Gasteiger partial charge >= 0.3 is 5.97 Å². The van der Waals surface area contributed by atoms with E-state index in [1.807, 2.05) is 13.8 Å². The number of Topliss-reactive ketones (excluding diaryl/α,β-unsaturated/α-hetero) is 1. The second-order valence-corrected chi connectivity index (χ2v) is 13.6. The highest BCUT2D eigenvalue weighted by Crippen LogP contribution is 2.27. The van der Waals surface area contributed by atoms with Gasteiger partial charge in [-0.1, -0.05) is 88.9 Å². The Kier molecular flexibility index (Phi) is 16.1. The van der Waals surface area contributed by atoms with E-state index >= 15 is 0 Å². The number of nitrogens with one attached hydrogen (secondary N) is 5. The molecule has 2 aromatic carbocycles. The Morgan fingerprint density at radius 2 is 1.38 bits per heavy atom. The molecule has 15 heteroatoms. The van der Waals surface area contributed by atoms with Crippen LogP contribution in [0.25, 0.3) is 0 Å². The molecule has 0 aromatic heterocycles. The lowest BCUT2D eigenvalue weighted by Gasteiger charge is -2.32. The number of nitrogens with two attached hydrogens (primary N) is 1. The van der Waals surface area contributed by atoms with Crippen molar-refractivity contribution in [1.29, 1.82) is 0 Å². The van der Waals surface area contributed by atoms with Crippen molar-refractivity contribution in [1.82, 2.24) is 26.6 Å². The summed E-state index contributed by atoms with van der Waals surface area (Å²) in [6, 6.07) is 9.23. The molecular weight excluding hydrogens is 684 g/mol. The maximum Gasteiger partial charge on any atom is 0.336 e. The van der Waals surface area contributed by atoms with E-state index in [1.165, 1.54) is 24.3 Å². The third kappa shape index (κ3) is 12.5. The number of primary amides is 1. The van der Waals surface area contributed by atoms with E-state index in [0.29, 0.717) is 24.8 Å². The van der Waals surface area contributed by atoms with Crippen LogP contribution in [0, 0.1) is 11.8 Å². The molecule has 1 aliphatic rings. The summed E-state index contributed by atoms with van der Waals surface area (Å²) in [4.78, 5) is 103. The Balaban J connectivity index is 1.72. The SMILES string of the molecule is CCCC(NC(=O)[C@H](CC(C)C)NC(=O)[C@@H](NC(=O)c1ccccc1C(=O)O)C1CCCCC1)C(=O)C(=O)NCC(=O)NC(C(N)=O)c1ccccc1. The van der Waals surface area contributed by atoms with E-state index in [9.17, 15) is 43.5 Å². The molecule has 6 amide bonds. The molecule has 286 valence electrons. The lowest BCUT2D eigenvalue weighted by Crippen LogP contribution is -2.58.